The molecule has 0 atom stereocenters. The van der Waals surface area contributed by atoms with Crippen molar-refractivity contribution in [3.8, 4) is 0 Å². The standard InChI is InChI=1S/C2HN2O2PS/c5-1-3-7(8)4-2-6/h8H. The molecule has 0 aromatic rings. The second kappa shape index (κ2) is 4.69. The van der Waals surface area contributed by atoms with E-state index in [0.717, 1.165) is 0 Å². The Kier molecular flexibility index (Phi) is 4.42. The van der Waals surface area contributed by atoms with Crippen LogP contribution in [-0.2, 0) is 9.59 Å². The number of thiol groups is 1. The van der Waals surface area contributed by atoms with Crippen LogP contribution in [-0.4, -0.2) is 12.2 Å². The topological polar surface area (TPSA) is 58.9 Å². The molecule has 0 heterocycles. The van der Waals surface area contributed by atoms with Gasteiger partial charge in [-0.05, 0) is 0 Å². The van der Waals surface area contributed by atoms with Gasteiger partial charge in [0.05, 0.1) is 0 Å². The van der Waals surface area contributed by atoms with Gasteiger partial charge < -0.3 is 0 Å². The summed E-state index contributed by atoms with van der Waals surface area (Å²) in [6.07, 6.45) is 2.41. The Labute approximate surface area is 51.7 Å². The van der Waals surface area contributed by atoms with Gasteiger partial charge in [-0.1, -0.05) is 0 Å². The first-order valence-electron chi connectivity index (χ1n) is 1.46. The molecule has 0 spiro atoms. The van der Waals surface area contributed by atoms with Gasteiger partial charge in [-0.2, -0.15) is 0 Å². The third-order valence-electron chi connectivity index (χ3n) is 0.261. The minimum Gasteiger partial charge on any atom is -0.211 e. The second-order valence-corrected chi connectivity index (χ2v) is 2.66. The predicted octanol–water partition coefficient (Wildman–Crippen LogP) is 0.815. The van der Waals surface area contributed by atoms with E-state index in [1.54, 1.807) is 0 Å². The van der Waals surface area contributed by atoms with E-state index in [4.69, 9.17) is 0 Å². The molecule has 0 amide bonds. The van der Waals surface area contributed by atoms with Crippen molar-refractivity contribution in [2.75, 3.05) is 0 Å². The van der Waals surface area contributed by atoms with Crippen LogP contribution in [0.4, 0.5) is 0 Å². The van der Waals surface area contributed by atoms with E-state index < -0.39 is 7.42 Å². The summed E-state index contributed by atoms with van der Waals surface area (Å²) in [5.41, 5.74) is 0. The first kappa shape index (κ1) is 7.54. The molecule has 0 N–H and O–H groups in total. The van der Waals surface area contributed by atoms with Gasteiger partial charge in [0.2, 0.25) is 19.6 Å². The van der Waals surface area contributed by atoms with E-state index in [1.165, 1.54) is 12.2 Å². The van der Waals surface area contributed by atoms with Crippen molar-refractivity contribution in [2.24, 2.45) is 9.53 Å². The maximum atomic E-state index is 9.38. The van der Waals surface area contributed by atoms with Crippen LogP contribution < -0.4 is 0 Å². The van der Waals surface area contributed by atoms with Crippen molar-refractivity contribution in [3.05, 3.63) is 0 Å². The average Bonchev–Trinajstić information content (AvgIpc) is 1.68. The Morgan fingerprint density at radius 2 is 1.62 bits per heavy atom. The molecule has 0 unspecified atom stereocenters. The number of isocyanates is 2. The third-order valence-corrected chi connectivity index (χ3v) is 1.32. The molecule has 0 bridgehead atoms. The van der Waals surface area contributed by atoms with Gasteiger partial charge in [0, 0.05) is 0 Å². The van der Waals surface area contributed by atoms with E-state index in [-0.39, 0.29) is 0 Å². The maximum Gasteiger partial charge on any atom is 0.241 e. The first-order valence-corrected chi connectivity index (χ1v) is 3.86. The quantitative estimate of drug-likeness (QED) is 0.272. The minimum atomic E-state index is -1.48. The molecule has 6 heteroatoms. The van der Waals surface area contributed by atoms with Crippen LogP contribution in [0.5, 0.6) is 0 Å². The van der Waals surface area contributed by atoms with E-state index in [2.05, 4.69) is 21.8 Å². The number of carbonyl (C=O) groups excluding carboxylic acids is 2. The number of nitrogens with zero attached hydrogens (tertiary/aromatic N) is 2. The maximum absolute atomic E-state index is 9.38. The molecule has 0 aromatic heterocycles. The Balaban J connectivity index is 3.82. The van der Waals surface area contributed by atoms with E-state index in [0.29, 0.717) is 0 Å². The van der Waals surface area contributed by atoms with E-state index in [1.807, 2.05) is 0 Å². The molecular weight excluding hydrogens is 147 g/mol. The first-order chi connectivity index (χ1) is 3.81. The second-order valence-electron chi connectivity index (χ2n) is 0.651. The van der Waals surface area contributed by atoms with E-state index in [9.17, 15) is 9.59 Å². The molecule has 42 valence electrons. The summed E-state index contributed by atoms with van der Waals surface area (Å²) in [5.74, 6) is 0. The Bertz CT molecular complexity index is 141. The van der Waals surface area contributed by atoms with Crippen molar-refractivity contribution in [2.45, 2.75) is 0 Å². The summed E-state index contributed by atoms with van der Waals surface area (Å²) in [6.45, 7) is 0. The fourth-order valence-electron chi connectivity index (χ4n) is 0.0954. The Morgan fingerprint density at radius 1 is 1.25 bits per heavy atom. The van der Waals surface area contributed by atoms with E-state index >= 15 is 0 Å². The molecule has 0 radical (unpaired) electrons. The summed E-state index contributed by atoms with van der Waals surface area (Å²) in [6, 6.07) is 0. The monoisotopic (exact) mass is 148 g/mol. The molecule has 0 aliphatic rings. The summed E-state index contributed by atoms with van der Waals surface area (Å²) in [7, 11) is -1.48. The Morgan fingerprint density at radius 3 is 1.88 bits per heavy atom. The summed E-state index contributed by atoms with van der Waals surface area (Å²) in [4.78, 5) is 18.8. The lowest BCUT2D eigenvalue weighted by molar-refractivity contribution is 0.566. The number of hydrogen-bond acceptors (Lipinski definition) is 5. The molecule has 0 aromatic carbocycles. The van der Waals surface area contributed by atoms with Crippen LogP contribution in [0.1, 0.15) is 0 Å². The van der Waals surface area contributed by atoms with Crippen LogP contribution in [0.15, 0.2) is 9.53 Å². The lowest BCUT2D eigenvalue weighted by Crippen LogP contribution is -1.48. The molecule has 0 aliphatic heterocycles. The van der Waals surface area contributed by atoms with Crippen LogP contribution in [0, 0.1) is 0 Å². The van der Waals surface area contributed by atoms with Crippen molar-refractivity contribution < 1.29 is 9.59 Å². The average molecular weight is 148 g/mol. The lowest BCUT2D eigenvalue weighted by Gasteiger charge is -1.81. The normalized spacial score (nSPS) is 10.6. The van der Waals surface area contributed by atoms with Crippen LogP contribution >= 0.6 is 19.7 Å². The highest BCUT2D eigenvalue weighted by atomic mass is 32.7. The van der Waals surface area contributed by atoms with Gasteiger partial charge in [-0.15, -0.1) is 21.8 Å². The summed E-state index contributed by atoms with van der Waals surface area (Å²) >= 11 is 3.60. The van der Waals surface area contributed by atoms with Crippen LogP contribution in [0.2, 0.25) is 0 Å². The van der Waals surface area contributed by atoms with Gasteiger partial charge in [0.15, 0.2) is 0 Å². The SMILES string of the molecule is O=C=NP(S)N=C=O. The predicted molar refractivity (Wildman–Crippen MR) is 32.1 cm³/mol. The minimum absolute atomic E-state index is 1.21. The summed E-state index contributed by atoms with van der Waals surface area (Å²) in [5, 5.41) is 0. The Hall–Kier alpha value is -0.460. The van der Waals surface area contributed by atoms with Crippen molar-refractivity contribution in [1.29, 1.82) is 0 Å². The largest absolute Gasteiger partial charge is 0.241 e. The fraction of sp³-hybridized carbons (Fsp3) is 0. The molecule has 0 aliphatic carbocycles. The van der Waals surface area contributed by atoms with Gasteiger partial charge >= 0.3 is 0 Å². The molecule has 4 nitrogen and oxygen atoms in total. The zero-order chi connectivity index (χ0) is 6.41. The van der Waals surface area contributed by atoms with Crippen molar-refractivity contribution in [3.63, 3.8) is 0 Å². The fourth-order valence-corrected chi connectivity index (χ4v) is 0.505. The molecular formula is C2HN2O2PS. The summed E-state index contributed by atoms with van der Waals surface area (Å²) < 4.78 is 6.02. The van der Waals surface area contributed by atoms with Crippen LogP contribution in [0.3, 0.4) is 0 Å². The number of hydrogen-bond donors (Lipinski definition) is 1. The zero-order valence-electron chi connectivity index (χ0n) is 3.61. The molecule has 0 fully saturated rings. The molecule has 0 saturated heterocycles. The molecule has 0 saturated carbocycles. The highest BCUT2D eigenvalue weighted by Gasteiger charge is 1.90. The smallest absolute Gasteiger partial charge is 0.211 e. The molecule has 8 heavy (non-hydrogen) atoms. The van der Waals surface area contributed by atoms with Gasteiger partial charge in [0.25, 0.3) is 0 Å². The van der Waals surface area contributed by atoms with Crippen molar-refractivity contribution in [1.82, 2.24) is 0 Å². The van der Waals surface area contributed by atoms with Crippen molar-refractivity contribution >= 4 is 31.8 Å². The highest BCUT2D eigenvalue weighted by Crippen LogP contribution is 2.42. The lowest BCUT2D eigenvalue weighted by atomic mass is 11.7. The van der Waals surface area contributed by atoms with Gasteiger partial charge in [0.1, 0.15) is 0 Å². The number of rotatable bonds is 2. The zero-order valence-corrected chi connectivity index (χ0v) is 5.39. The molecule has 0 rings (SSSR count). The highest BCUT2D eigenvalue weighted by molar-refractivity contribution is 8.44. The van der Waals surface area contributed by atoms with Gasteiger partial charge in [-0.25, -0.2) is 9.59 Å². The van der Waals surface area contributed by atoms with Crippen LogP contribution in [0.25, 0.3) is 0 Å². The van der Waals surface area contributed by atoms with Gasteiger partial charge in [-0.3, -0.25) is 0 Å². The third kappa shape index (κ3) is 3.72.